The summed E-state index contributed by atoms with van der Waals surface area (Å²) in [6, 6.07) is 26.8. The van der Waals surface area contributed by atoms with Crippen molar-refractivity contribution in [3.8, 4) is 0 Å². The molecule has 2 bridgehead atoms. The number of halogens is 3. The third kappa shape index (κ3) is 4.06. The molecule has 1 fully saturated rings. The Kier molecular flexibility index (Phi) is 6.57. The third-order valence-corrected chi connectivity index (χ3v) is 9.79. The van der Waals surface area contributed by atoms with Crippen LogP contribution in [0.2, 0.25) is 10.0 Å². The third-order valence-electron chi connectivity index (χ3n) is 8.53. The zero-order valence-corrected chi connectivity index (χ0v) is 24.9. The minimum absolute atomic E-state index is 0.0954. The van der Waals surface area contributed by atoms with Gasteiger partial charge in [0.2, 0.25) is 0 Å². The molecule has 8 rings (SSSR count). The van der Waals surface area contributed by atoms with E-state index >= 15 is 0 Å². The van der Waals surface area contributed by atoms with Gasteiger partial charge in [-0.05, 0) is 52.6 Å². The van der Waals surface area contributed by atoms with Gasteiger partial charge in [-0.25, -0.2) is 5.01 Å². The van der Waals surface area contributed by atoms with Crippen LogP contribution in [0.25, 0.3) is 0 Å². The first kappa shape index (κ1) is 27.1. The molecule has 0 spiro atoms. The normalized spacial score (nSPS) is 21.5. The van der Waals surface area contributed by atoms with Gasteiger partial charge < -0.3 is 0 Å². The Morgan fingerprint density at radius 1 is 0.690 bits per heavy atom. The van der Waals surface area contributed by atoms with E-state index in [9.17, 15) is 19.2 Å². The van der Waals surface area contributed by atoms with Crippen LogP contribution in [0.4, 0.5) is 0 Å². The van der Waals surface area contributed by atoms with E-state index in [0.717, 1.165) is 36.7 Å². The number of nitrogens with zero attached hydrogens (tertiary/aromatic N) is 2. The fourth-order valence-corrected chi connectivity index (χ4v) is 7.34. The molecule has 0 N–H and O–H groups in total. The molecule has 4 aromatic carbocycles. The zero-order chi connectivity index (χ0) is 29.3. The largest absolute Gasteiger partial charge is 0.292 e. The maximum atomic E-state index is 14.4. The second kappa shape index (κ2) is 10.2. The molecule has 3 aliphatic carbocycles. The Hall–Kier alpha value is -3.78. The van der Waals surface area contributed by atoms with E-state index in [1.54, 1.807) is 24.3 Å². The fourth-order valence-electron chi connectivity index (χ4n) is 6.77. The second-order valence-corrected chi connectivity index (χ2v) is 12.4. The highest BCUT2D eigenvalue weighted by Crippen LogP contribution is 2.61. The SMILES string of the molecule is O=C(CN(C(=O)c1ccc(Cl)c(Cl)c1)N1C(=O)[C@H]2C3c4ccccc4C(c4ccccc43)[C@@H]2C1=O)c1ccc(Br)cc1. The number of hydrazine groups is 1. The molecule has 9 heteroatoms. The van der Waals surface area contributed by atoms with E-state index in [1.165, 1.54) is 18.2 Å². The van der Waals surface area contributed by atoms with E-state index in [0.29, 0.717) is 5.56 Å². The van der Waals surface area contributed by atoms with Crippen LogP contribution in [-0.2, 0) is 9.59 Å². The molecule has 2 atom stereocenters. The standard InChI is InChI=1S/C33H21BrCl2N2O4/c34-19-12-9-17(10-13-19)26(39)16-37(31(40)18-11-14-24(35)25(36)15-18)38-32(41)29-27-20-5-1-2-6-21(20)28(30(29)33(38)42)23-8-4-3-7-22(23)27/h1-15,27-30H,16H2/t27?,28?,29-,30-/m0/s1. The lowest BCUT2D eigenvalue weighted by atomic mass is 9.55. The molecular weight excluding hydrogens is 639 g/mol. The van der Waals surface area contributed by atoms with Gasteiger partial charge in [-0.2, -0.15) is 5.01 Å². The molecule has 0 saturated carbocycles. The van der Waals surface area contributed by atoms with Gasteiger partial charge in [-0.3, -0.25) is 19.2 Å². The molecule has 4 aliphatic rings. The van der Waals surface area contributed by atoms with Crippen molar-refractivity contribution in [2.24, 2.45) is 11.8 Å². The van der Waals surface area contributed by atoms with E-state index in [1.807, 2.05) is 48.5 Å². The number of Topliss-reactive ketones (excluding diaryl/α,β-unsaturated/α-hetero) is 1. The second-order valence-electron chi connectivity index (χ2n) is 10.7. The number of rotatable bonds is 5. The highest BCUT2D eigenvalue weighted by atomic mass is 79.9. The summed E-state index contributed by atoms with van der Waals surface area (Å²) in [4.78, 5) is 56.3. The average molecular weight is 660 g/mol. The summed E-state index contributed by atoms with van der Waals surface area (Å²) >= 11 is 15.7. The molecule has 42 heavy (non-hydrogen) atoms. The maximum absolute atomic E-state index is 14.4. The molecule has 4 aromatic rings. The van der Waals surface area contributed by atoms with E-state index in [2.05, 4.69) is 15.9 Å². The summed E-state index contributed by atoms with van der Waals surface area (Å²) in [6.45, 7) is -0.521. The van der Waals surface area contributed by atoms with Crippen molar-refractivity contribution in [2.45, 2.75) is 11.8 Å². The lowest BCUT2D eigenvalue weighted by Crippen LogP contribution is -2.52. The Morgan fingerprint density at radius 3 is 1.64 bits per heavy atom. The number of hydrogen-bond donors (Lipinski definition) is 0. The quantitative estimate of drug-likeness (QED) is 0.173. The van der Waals surface area contributed by atoms with Crippen LogP contribution in [0.5, 0.6) is 0 Å². The van der Waals surface area contributed by atoms with Gasteiger partial charge in [0, 0.05) is 27.4 Å². The van der Waals surface area contributed by atoms with Crippen LogP contribution < -0.4 is 0 Å². The first-order chi connectivity index (χ1) is 20.3. The fraction of sp³-hybridized carbons (Fsp3) is 0.152. The Labute approximate surface area is 259 Å². The van der Waals surface area contributed by atoms with Gasteiger partial charge in [0.1, 0.15) is 6.54 Å². The molecule has 1 saturated heterocycles. The minimum atomic E-state index is -0.709. The molecule has 6 nitrogen and oxygen atoms in total. The minimum Gasteiger partial charge on any atom is -0.292 e. The number of ketones is 1. The highest BCUT2D eigenvalue weighted by Gasteiger charge is 2.63. The summed E-state index contributed by atoms with van der Waals surface area (Å²) in [5, 5.41) is 2.27. The average Bonchev–Trinajstić information content (AvgIpc) is 3.27. The molecule has 3 amide bonds. The summed E-state index contributed by atoms with van der Waals surface area (Å²) in [5.74, 6) is -4.25. The Balaban J connectivity index is 1.33. The van der Waals surface area contributed by atoms with Gasteiger partial charge >= 0.3 is 0 Å². The van der Waals surface area contributed by atoms with Gasteiger partial charge in [-0.15, -0.1) is 0 Å². The maximum Gasteiger partial charge on any atom is 0.273 e. The van der Waals surface area contributed by atoms with Crippen molar-refractivity contribution in [3.63, 3.8) is 0 Å². The number of amides is 3. The summed E-state index contributed by atoms with van der Waals surface area (Å²) in [6.07, 6.45) is 0. The number of imide groups is 1. The molecule has 0 unspecified atom stereocenters. The van der Waals surface area contributed by atoms with Crippen molar-refractivity contribution in [1.82, 2.24) is 10.0 Å². The van der Waals surface area contributed by atoms with Crippen LogP contribution in [0.15, 0.2) is 95.5 Å². The first-order valence-corrected chi connectivity index (χ1v) is 14.9. The molecule has 1 heterocycles. The molecule has 1 aliphatic heterocycles. The predicted molar refractivity (Wildman–Crippen MR) is 161 cm³/mol. The van der Waals surface area contributed by atoms with E-state index in [-0.39, 0.29) is 27.4 Å². The predicted octanol–water partition coefficient (Wildman–Crippen LogP) is 6.89. The molecule has 0 radical (unpaired) electrons. The van der Waals surface area contributed by atoms with Gasteiger partial charge in [0.25, 0.3) is 17.7 Å². The van der Waals surface area contributed by atoms with Gasteiger partial charge in [0.05, 0.1) is 21.9 Å². The van der Waals surface area contributed by atoms with Crippen LogP contribution in [0.3, 0.4) is 0 Å². The smallest absolute Gasteiger partial charge is 0.273 e. The molecular formula is C33H21BrCl2N2O4. The molecule has 208 valence electrons. The van der Waals surface area contributed by atoms with Crippen molar-refractivity contribution in [1.29, 1.82) is 0 Å². The number of carbonyl (C=O) groups is 4. The topological polar surface area (TPSA) is 74.8 Å². The van der Waals surface area contributed by atoms with Crippen LogP contribution in [0.1, 0.15) is 54.8 Å². The van der Waals surface area contributed by atoms with Gasteiger partial charge in [-0.1, -0.05) is 99.8 Å². The number of benzene rings is 4. The summed E-state index contributed by atoms with van der Waals surface area (Å²) in [5.41, 5.74) is 4.48. The van der Waals surface area contributed by atoms with Crippen LogP contribution in [0, 0.1) is 11.8 Å². The monoisotopic (exact) mass is 658 g/mol. The number of carbonyl (C=O) groups excluding carboxylic acids is 4. The van der Waals surface area contributed by atoms with E-state index in [4.69, 9.17) is 23.2 Å². The lowest BCUT2D eigenvalue weighted by Gasteiger charge is -2.45. The zero-order valence-electron chi connectivity index (χ0n) is 21.8. The Bertz CT molecular complexity index is 1710. The highest BCUT2D eigenvalue weighted by molar-refractivity contribution is 9.10. The first-order valence-electron chi connectivity index (χ1n) is 13.4. The van der Waals surface area contributed by atoms with Crippen molar-refractivity contribution in [2.75, 3.05) is 6.54 Å². The van der Waals surface area contributed by atoms with Crippen LogP contribution >= 0.6 is 39.1 Å². The number of hydrogen-bond acceptors (Lipinski definition) is 4. The summed E-state index contributed by atoms with van der Waals surface area (Å²) in [7, 11) is 0. The Morgan fingerprint density at radius 2 is 1.17 bits per heavy atom. The lowest BCUT2D eigenvalue weighted by molar-refractivity contribution is -0.154. The molecule has 0 aromatic heterocycles. The van der Waals surface area contributed by atoms with Crippen molar-refractivity contribution < 1.29 is 19.2 Å². The van der Waals surface area contributed by atoms with Crippen LogP contribution in [-0.4, -0.2) is 40.1 Å². The van der Waals surface area contributed by atoms with Crippen molar-refractivity contribution >= 4 is 62.6 Å². The van der Waals surface area contributed by atoms with Gasteiger partial charge in [0.15, 0.2) is 5.78 Å². The van der Waals surface area contributed by atoms with Crippen molar-refractivity contribution in [3.05, 3.63) is 139 Å². The van der Waals surface area contributed by atoms with E-state index < -0.39 is 41.9 Å². The summed E-state index contributed by atoms with van der Waals surface area (Å²) < 4.78 is 0.784.